The lowest BCUT2D eigenvalue weighted by molar-refractivity contribution is -0.137. The van der Waals surface area contributed by atoms with Gasteiger partial charge in [0.15, 0.2) is 5.69 Å². The standard InChI is InChI=1S/C12H6Cl2F3N3S/c1-5-11(21)9(4-18)19-20(5)10-7(13)2-6(3-8(10)14)12(15,16)17/h2-3,21H,1H3. The van der Waals surface area contributed by atoms with Crippen molar-refractivity contribution >= 4 is 35.8 Å². The second-order valence-corrected chi connectivity index (χ2v) is 5.35. The van der Waals surface area contributed by atoms with Gasteiger partial charge in [-0.15, -0.1) is 12.6 Å². The number of hydrogen-bond donors (Lipinski definition) is 1. The van der Waals surface area contributed by atoms with E-state index in [1.807, 2.05) is 6.07 Å². The fourth-order valence-corrected chi connectivity index (χ4v) is 2.56. The second-order valence-electron chi connectivity index (χ2n) is 4.09. The van der Waals surface area contributed by atoms with Crippen LogP contribution in [-0.4, -0.2) is 9.78 Å². The monoisotopic (exact) mass is 351 g/mol. The third kappa shape index (κ3) is 2.84. The Morgan fingerprint density at radius 3 is 2.19 bits per heavy atom. The molecule has 0 saturated carbocycles. The number of rotatable bonds is 1. The molecule has 0 saturated heterocycles. The molecule has 1 heterocycles. The van der Waals surface area contributed by atoms with E-state index in [1.54, 1.807) is 6.92 Å². The normalized spacial score (nSPS) is 11.5. The van der Waals surface area contributed by atoms with Crippen LogP contribution in [0.2, 0.25) is 10.0 Å². The van der Waals surface area contributed by atoms with Crippen molar-refractivity contribution < 1.29 is 13.2 Å². The van der Waals surface area contributed by atoms with E-state index in [1.165, 1.54) is 4.68 Å². The highest BCUT2D eigenvalue weighted by molar-refractivity contribution is 7.80. The van der Waals surface area contributed by atoms with Crippen molar-refractivity contribution in [1.29, 1.82) is 5.26 Å². The van der Waals surface area contributed by atoms with Crippen molar-refractivity contribution in [3.8, 4) is 11.8 Å². The minimum Gasteiger partial charge on any atom is -0.233 e. The molecule has 9 heteroatoms. The fraction of sp³-hybridized carbons (Fsp3) is 0.167. The smallest absolute Gasteiger partial charge is 0.233 e. The van der Waals surface area contributed by atoms with Gasteiger partial charge in [0.2, 0.25) is 0 Å². The van der Waals surface area contributed by atoms with Crippen molar-refractivity contribution in [3.63, 3.8) is 0 Å². The lowest BCUT2D eigenvalue weighted by Crippen LogP contribution is -2.08. The Hall–Kier alpha value is -1.36. The van der Waals surface area contributed by atoms with Crippen molar-refractivity contribution in [1.82, 2.24) is 9.78 Å². The maximum atomic E-state index is 12.7. The van der Waals surface area contributed by atoms with Gasteiger partial charge in [-0.3, -0.25) is 0 Å². The minimum atomic E-state index is -4.56. The largest absolute Gasteiger partial charge is 0.416 e. The van der Waals surface area contributed by atoms with Crippen LogP contribution in [0.15, 0.2) is 17.0 Å². The van der Waals surface area contributed by atoms with Crippen LogP contribution in [-0.2, 0) is 6.18 Å². The summed E-state index contributed by atoms with van der Waals surface area (Å²) in [5, 5.41) is 12.4. The Morgan fingerprint density at radius 1 is 1.29 bits per heavy atom. The third-order valence-electron chi connectivity index (χ3n) is 2.75. The van der Waals surface area contributed by atoms with Gasteiger partial charge in [-0.1, -0.05) is 23.2 Å². The zero-order chi connectivity index (χ0) is 15.9. The van der Waals surface area contributed by atoms with E-state index in [2.05, 4.69) is 17.7 Å². The van der Waals surface area contributed by atoms with Gasteiger partial charge in [-0.25, -0.2) is 4.68 Å². The lowest BCUT2D eigenvalue weighted by atomic mass is 10.2. The molecule has 0 unspecified atom stereocenters. The first-order chi connectivity index (χ1) is 9.66. The molecule has 1 aromatic heterocycles. The average molecular weight is 352 g/mol. The number of alkyl halides is 3. The molecule has 0 N–H and O–H groups in total. The molecule has 2 aromatic rings. The molecule has 0 fully saturated rings. The Morgan fingerprint density at radius 2 is 1.81 bits per heavy atom. The highest BCUT2D eigenvalue weighted by Crippen LogP contribution is 2.38. The minimum absolute atomic E-state index is 0.0304. The van der Waals surface area contributed by atoms with Crippen molar-refractivity contribution in [2.45, 2.75) is 18.0 Å². The summed E-state index contributed by atoms with van der Waals surface area (Å²) >= 11 is 15.9. The molecule has 0 aliphatic heterocycles. The van der Waals surface area contributed by atoms with Gasteiger partial charge in [0, 0.05) is 0 Å². The highest BCUT2D eigenvalue weighted by Gasteiger charge is 2.32. The maximum Gasteiger partial charge on any atom is 0.416 e. The molecule has 0 spiro atoms. The first kappa shape index (κ1) is 16.0. The number of nitrogens with zero attached hydrogens (tertiary/aromatic N) is 3. The summed E-state index contributed by atoms with van der Waals surface area (Å²) in [5.74, 6) is 0. The first-order valence-electron chi connectivity index (χ1n) is 5.42. The van der Waals surface area contributed by atoms with Crippen LogP contribution in [0, 0.1) is 18.3 Å². The number of nitriles is 1. The van der Waals surface area contributed by atoms with E-state index >= 15 is 0 Å². The van der Waals surface area contributed by atoms with Gasteiger partial charge < -0.3 is 0 Å². The highest BCUT2D eigenvalue weighted by atomic mass is 35.5. The van der Waals surface area contributed by atoms with E-state index in [4.69, 9.17) is 28.5 Å². The number of hydrogen-bond acceptors (Lipinski definition) is 3. The van der Waals surface area contributed by atoms with Gasteiger partial charge in [-0.05, 0) is 19.1 Å². The molecule has 2 rings (SSSR count). The van der Waals surface area contributed by atoms with Crippen LogP contribution in [0.3, 0.4) is 0 Å². The van der Waals surface area contributed by atoms with Crippen LogP contribution >= 0.6 is 35.8 Å². The Kier molecular flexibility index (Phi) is 4.15. The first-order valence-corrected chi connectivity index (χ1v) is 6.62. The molecule has 3 nitrogen and oxygen atoms in total. The predicted molar refractivity (Wildman–Crippen MR) is 75.3 cm³/mol. The summed E-state index contributed by atoms with van der Waals surface area (Å²) in [6.07, 6.45) is -4.56. The summed E-state index contributed by atoms with van der Waals surface area (Å²) in [5.41, 5.74) is -0.417. The van der Waals surface area contributed by atoms with Gasteiger partial charge in [-0.2, -0.15) is 23.5 Å². The van der Waals surface area contributed by atoms with Gasteiger partial charge in [0.05, 0.1) is 26.2 Å². The zero-order valence-electron chi connectivity index (χ0n) is 10.3. The lowest BCUT2D eigenvalue weighted by Gasteiger charge is -2.13. The molecule has 1 aromatic carbocycles. The van der Waals surface area contributed by atoms with E-state index < -0.39 is 11.7 Å². The van der Waals surface area contributed by atoms with E-state index in [-0.39, 0.29) is 21.4 Å². The van der Waals surface area contributed by atoms with E-state index in [0.29, 0.717) is 10.6 Å². The average Bonchev–Trinajstić information content (AvgIpc) is 2.65. The zero-order valence-corrected chi connectivity index (χ0v) is 12.7. The quantitative estimate of drug-likeness (QED) is 0.758. The number of aromatic nitrogens is 2. The third-order valence-corrected chi connectivity index (χ3v) is 3.86. The van der Waals surface area contributed by atoms with Crippen LogP contribution < -0.4 is 0 Å². The molecule has 0 aliphatic rings. The van der Waals surface area contributed by atoms with Crippen molar-refractivity contribution in [3.05, 3.63) is 39.1 Å². The summed E-state index contributed by atoms with van der Waals surface area (Å²) in [6.45, 7) is 1.60. The maximum absolute atomic E-state index is 12.7. The summed E-state index contributed by atoms with van der Waals surface area (Å²) in [6, 6.07) is 3.34. The molecule has 0 amide bonds. The van der Waals surface area contributed by atoms with Crippen molar-refractivity contribution in [2.24, 2.45) is 0 Å². The van der Waals surface area contributed by atoms with Gasteiger partial charge in [0.1, 0.15) is 11.8 Å². The molecular formula is C12H6Cl2F3N3S. The van der Waals surface area contributed by atoms with Gasteiger partial charge in [0.25, 0.3) is 0 Å². The van der Waals surface area contributed by atoms with Crippen LogP contribution in [0.4, 0.5) is 13.2 Å². The molecule has 0 bridgehead atoms. The van der Waals surface area contributed by atoms with Crippen LogP contribution in [0.1, 0.15) is 17.0 Å². The van der Waals surface area contributed by atoms with Gasteiger partial charge >= 0.3 is 6.18 Å². The summed E-state index contributed by atoms with van der Waals surface area (Å²) < 4.78 is 39.3. The molecule has 110 valence electrons. The summed E-state index contributed by atoms with van der Waals surface area (Å²) in [4.78, 5) is 0.310. The van der Waals surface area contributed by atoms with E-state index in [0.717, 1.165) is 12.1 Å². The Bertz CT molecular complexity index is 739. The Labute approximate surface area is 133 Å². The van der Waals surface area contributed by atoms with Crippen molar-refractivity contribution in [2.75, 3.05) is 0 Å². The van der Waals surface area contributed by atoms with Crippen LogP contribution in [0.5, 0.6) is 0 Å². The molecule has 0 aliphatic carbocycles. The number of thiol groups is 1. The topological polar surface area (TPSA) is 41.6 Å². The molecular weight excluding hydrogens is 346 g/mol. The van der Waals surface area contributed by atoms with Crippen LogP contribution in [0.25, 0.3) is 5.69 Å². The fourth-order valence-electron chi connectivity index (χ4n) is 1.72. The van der Waals surface area contributed by atoms with E-state index in [9.17, 15) is 13.2 Å². The Balaban J connectivity index is 2.70. The number of benzene rings is 1. The second kappa shape index (κ2) is 5.44. The molecule has 21 heavy (non-hydrogen) atoms. The summed E-state index contributed by atoms with van der Waals surface area (Å²) in [7, 11) is 0. The molecule has 0 atom stereocenters. The number of halogens is 5. The SMILES string of the molecule is Cc1c(S)c(C#N)nn1-c1c(Cl)cc(C(F)(F)F)cc1Cl. The molecule has 0 radical (unpaired) electrons. The predicted octanol–water partition coefficient (Wildman–Crippen LogP) is 4.67.